The largest absolute Gasteiger partial charge is 0.346 e. The number of nitrogens with zero attached hydrogens (tertiary/aromatic N) is 2. The van der Waals surface area contributed by atoms with Crippen molar-refractivity contribution in [3.8, 4) is 6.07 Å². The maximum atomic E-state index is 11.7. The molecule has 2 rings (SSSR count). The van der Waals surface area contributed by atoms with Gasteiger partial charge in [0.15, 0.2) is 0 Å². The highest BCUT2D eigenvalue weighted by Gasteiger charge is 2.27. The molecule has 2 aromatic rings. The first-order valence-corrected chi connectivity index (χ1v) is 5.98. The Labute approximate surface area is 111 Å². The van der Waals surface area contributed by atoms with Crippen LogP contribution in [0.3, 0.4) is 0 Å². The van der Waals surface area contributed by atoms with E-state index in [2.05, 4.69) is 11.5 Å². The molecule has 0 aliphatic rings. The van der Waals surface area contributed by atoms with Gasteiger partial charge in [-0.1, -0.05) is 6.07 Å². The summed E-state index contributed by atoms with van der Waals surface area (Å²) in [6.45, 7) is 4.15. The van der Waals surface area contributed by atoms with E-state index < -0.39 is 5.41 Å². The molecular formula is C14H16N4O. The monoisotopic (exact) mass is 256 g/mol. The summed E-state index contributed by atoms with van der Waals surface area (Å²) in [6.07, 6.45) is 1.89. The highest BCUT2D eigenvalue weighted by Crippen LogP contribution is 2.24. The zero-order valence-corrected chi connectivity index (χ0v) is 11.0. The molecular weight excluding hydrogens is 240 g/mol. The number of nitriles is 1. The molecule has 0 saturated heterocycles. The number of fused-ring (bicyclic) bond motifs is 1. The number of carbonyl (C=O) groups is 1. The van der Waals surface area contributed by atoms with Crippen LogP contribution in [-0.4, -0.2) is 10.5 Å². The van der Waals surface area contributed by atoms with Crippen molar-refractivity contribution in [1.82, 2.24) is 9.99 Å². The second kappa shape index (κ2) is 4.75. The lowest BCUT2D eigenvalue weighted by Crippen LogP contribution is -2.43. The van der Waals surface area contributed by atoms with Crippen molar-refractivity contribution >= 4 is 16.8 Å². The fourth-order valence-electron chi connectivity index (χ4n) is 2.15. The Bertz CT molecular complexity index is 664. The summed E-state index contributed by atoms with van der Waals surface area (Å²) in [5.41, 5.74) is 3.14. The predicted octanol–water partition coefficient (Wildman–Crippen LogP) is 1.53. The van der Waals surface area contributed by atoms with Gasteiger partial charge >= 0.3 is 0 Å². The van der Waals surface area contributed by atoms with Gasteiger partial charge in [0.05, 0.1) is 17.0 Å². The van der Waals surface area contributed by atoms with Gasteiger partial charge in [-0.25, -0.2) is 5.84 Å². The molecule has 1 amide bonds. The third-order valence-electron chi connectivity index (χ3n) is 3.25. The van der Waals surface area contributed by atoms with Crippen LogP contribution in [0, 0.1) is 16.7 Å². The van der Waals surface area contributed by atoms with E-state index in [1.807, 2.05) is 42.8 Å². The smallest absolute Gasteiger partial charge is 0.241 e. The lowest BCUT2D eigenvalue weighted by Gasteiger charge is -2.23. The Morgan fingerprint density at radius 3 is 2.84 bits per heavy atom. The molecule has 19 heavy (non-hydrogen) atoms. The fraction of sp³-hybridized carbons (Fsp3) is 0.286. The van der Waals surface area contributed by atoms with E-state index in [0.717, 1.165) is 10.9 Å². The Balaban J connectivity index is 2.43. The van der Waals surface area contributed by atoms with Crippen LogP contribution in [0.15, 0.2) is 30.5 Å². The lowest BCUT2D eigenvalue weighted by molar-refractivity contribution is -0.130. The van der Waals surface area contributed by atoms with Gasteiger partial charge in [0, 0.05) is 23.6 Å². The number of amides is 1. The van der Waals surface area contributed by atoms with E-state index in [-0.39, 0.29) is 5.91 Å². The molecule has 1 aromatic carbocycles. The number of carbonyl (C=O) groups excluding carboxylic acids is 1. The summed E-state index contributed by atoms with van der Waals surface area (Å²) in [5.74, 6) is 4.98. The van der Waals surface area contributed by atoms with Crippen LogP contribution in [0.4, 0.5) is 0 Å². The summed E-state index contributed by atoms with van der Waals surface area (Å²) in [7, 11) is 0. The van der Waals surface area contributed by atoms with Crippen LogP contribution in [-0.2, 0) is 11.3 Å². The van der Waals surface area contributed by atoms with Crippen molar-refractivity contribution in [1.29, 1.82) is 5.26 Å². The summed E-state index contributed by atoms with van der Waals surface area (Å²) in [4.78, 5) is 11.7. The van der Waals surface area contributed by atoms with Gasteiger partial charge in [0.2, 0.25) is 5.91 Å². The SMILES string of the molecule is CC(C)(Cn1ccc2c(C#N)cccc21)C(=O)NN. The molecule has 0 radical (unpaired) electrons. The van der Waals surface area contributed by atoms with E-state index in [1.165, 1.54) is 0 Å². The Kier molecular flexibility index (Phi) is 3.28. The van der Waals surface area contributed by atoms with Crippen molar-refractivity contribution in [2.45, 2.75) is 20.4 Å². The van der Waals surface area contributed by atoms with Gasteiger partial charge in [0.25, 0.3) is 0 Å². The topological polar surface area (TPSA) is 83.8 Å². The molecule has 98 valence electrons. The van der Waals surface area contributed by atoms with E-state index >= 15 is 0 Å². The van der Waals surface area contributed by atoms with Crippen molar-refractivity contribution in [3.63, 3.8) is 0 Å². The molecule has 1 heterocycles. The second-order valence-corrected chi connectivity index (χ2v) is 5.15. The summed E-state index contributed by atoms with van der Waals surface area (Å²) < 4.78 is 1.96. The number of nitrogens with two attached hydrogens (primary N) is 1. The van der Waals surface area contributed by atoms with Crippen LogP contribution in [0.25, 0.3) is 10.9 Å². The number of hydrazine groups is 1. The van der Waals surface area contributed by atoms with Gasteiger partial charge in [0.1, 0.15) is 0 Å². The predicted molar refractivity (Wildman–Crippen MR) is 72.8 cm³/mol. The molecule has 1 aromatic heterocycles. The minimum absolute atomic E-state index is 0.217. The molecule has 0 fully saturated rings. The van der Waals surface area contributed by atoms with Crippen LogP contribution in [0.5, 0.6) is 0 Å². The van der Waals surface area contributed by atoms with Gasteiger partial charge in [-0.3, -0.25) is 10.2 Å². The molecule has 5 heteroatoms. The van der Waals surface area contributed by atoms with E-state index in [4.69, 9.17) is 11.1 Å². The highest BCUT2D eigenvalue weighted by atomic mass is 16.2. The Morgan fingerprint density at radius 2 is 2.21 bits per heavy atom. The average Bonchev–Trinajstić information content (AvgIpc) is 2.80. The van der Waals surface area contributed by atoms with E-state index in [0.29, 0.717) is 12.1 Å². The van der Waals surface area contributed by atoms with Crippen molar-refractivity contribution in [3.05, 3.63) is 36.0 Å². The number of hydrogen-bond acceptors (Lipinski definition) is 3. The molecule has 0 bridgehead atoms. The standard InChI is InChI=1S/C14H16N4O/c1-14(2,13(19)17-16)9-18-7-6-11-10(8-15)4-3-5-12(11)18/h3-7H,9,16H2,1-2H3,(H,17,19). The maximum absolute atomic E-state index is 11.7. The molecule has 0 aliphatic heterocycles. The third kappa shape index (κ3) is 2.30. The number of nitrogens with one attached hydrogen (secondary N) is 1. The quantitative estimate of drug-likeness (QED) is 0.496. The number of hydrogen-bond donors (Lipinski definition) is 2. The van der Waals surface area contributed by atoms with Gasteiger partial charge in [-0.15, -0.1) is 0 Å². The molecule has 0 saturated carbocycles. The van der Waals surface area contributed by atoms with Gasteiger partial charge in [-0.2, -0.15) is 5.26 Å². The van der Waals surface area contributed by atoms with E-state index in [1.54, 1.807) is 6.07 Å². The van der Waals surface area contributed by atoms with Crippen molar-refractivity contribution in [2.24, 2.45) is 11.3 Å². The molecule has 3 N–H and O–H groups in total. The van der Waals surface area contributed by atoms with Crippen LogP contribution < -0.4 is 11.3 Å². The Hall–Kier alpha value is -2.32. The average molecular weight is 256 g/mol. The first-order chi connectivity index (χ1) is 8.99. The van der Waals surface area contributed by atoms with Gasteiger partial charge in [-0.05, 0) is 32.0 Å². The van der Waals surface area contributed by atoms with Crippen molar-refractivity contribution < 1.29 is 4.79 Å². The molecule has 0 atom stereocenters. The fourth-order valence-corrected chi connectivity index (χ4v) is 2.15. The second-order valence-electron chi connectivity index (χ2n) is 5.15. The highest BCUT2D eigenvalue weighted by molar-refractivity contribution is 5.86. The minimum Gasteiger partial charge on any atom is -0.346 e. The molecule has 5 nitrogen and oxygen atoms in total. The van der Waals surface area contributed by atoms with Crippen LogP contribution >= 0.6 is 0 Å². The lowest BCUT2D eigenvalue weighted by atomic mass is 9.92. The molecule has 0 spiro atoms. The zero-order valence-electron chi connectivity index (χ0n) is 11.0. The van der Waals surface area contributed by atoms with Gasteiger partial charge < -0.3 is 4.57 Å². The molecule has 0 aliphatic carbocycles. The maximum Gasteiger partial charge on any atom is 0.241 e. The summed E-state index contributed by atoms with van der Waals surface area (Å²) in [6, 6.07) is 9.62. The first-order valence-electron chi connectivity index (χ1n) is 5.98. The minimum atomic E-state index is -0.622. The van der Waals surface area contributed by atoms with E-state index in [9.17, 15) is 4.79 Å². The summed E-state index contributed by atoms with van der Waals surface area (Å²) in [5, 5.41) is 9.96. The number of rotatable bonds is 3. The van der Waals surface area contributed by atoms with Crippen molar-refractivity contribution in [2.75, 3.05) is 0 Å². The zero-order chi connectivity index (χ0) is 14.0. The third-order valence-corrected chi connectivity index (χ3v) is 3.25. The Morgan fingerprint density at radius 1 is 1.47 bits per heavy atom. The molecule has 0 unspecified atom stereocenters. The summed E-state index contributed by atoms with van der Waals surface area (Å²) >= 11 is 0. The number of benzene rings is 1. The number of aromatic nitrogens is 1. The first kappa shape index (κ1) is 13.1. The normalized spacial score (nSPS) is 11.3. The van der Waals surface area contributed by atoms with Crippen LogP contribution in [0.2, 0.25) is 0 Å². The van der Waals surface area contributed by atoms with Crippen LogP contribution in [0.1, 0.15) is 19.4 Å².